The van der Waals surface area contributed by atoms with Gasteiger partial charge in [-0.05, 0) is 36.6 Å². The molecular formula is C10H9BrFN. The van der Waals surface area contributed by atoms with Crippen molar-refractivity contribution in [2.24, 2.45) is 0 Å². The molecule has 0 N–H and O–H groups in total. The minimum absolute atomic E-state index is 0.196. The molecule has 0 fully saturated rings. The van der Waals surface area contributed by atoms with Crippen LogP contribution in [-0.2, 0) is 6.42 Å². The number of halogens is 2. The smallest absolute Gasteiger partial charge is 0.129 e. The van der Waals surface area contributed by atoms with Crippen LogP contribution in [0.2, 0.25) is 0 Å². The van der Waals surface area contributed by atoms with Crippen LogP contribution >= 0.6 is 15.9 Å². The lowest BCUT2D eigenvalue weighted by atomic mass is 10.1. The fourth-order valence-corrected chi connectivity index (χ4v) is 1.79. The first-order chi connectivity index (χ1) is 6.15. The average molecular weight is 242 g/mol. The van der Waals surface area contributed by atoms with Crippen molar-refractivity contribution in [3.63, 3.8) is 0 Å². The quantitative estimate of drug-likeness (QED) is 0.780. The largest absolute Gasteiger partial charge is 0.206 e. The molecule has 0 saturated heterocycles. The summed E-state index contributed by atoms with van der Waals surface area (Å²) in [7, 11) is 0. The molecule has 0 spiro atoms. The summed E-state index contributed by atoms with van der Waals surface area (Å²) in [5.41, 5.74) is 1.22. The van der Waals surface area contributed by atoms with Gasteiger partial charge in [-0.1, -0.05) is 15.9 Å². The summed E-state index contributed by atoms with van der Waals surface area (Å²) in [4.78, 5) is 0. The van der Waals surface area contributed by atoms with E-state index in [1.165, 1.54) is 0 Å². The summed E-state index contributed by atoms with van der Waals surface area (Å²) >= 11 is 3.29. The molecule has 1 rings (SSSR count). The Morgan fingerprint density at radius 3 is 2.85 bits per heavy atom. The molecule has 0 saturated carbocycles. The summed E-state index contributed by atoms with van der Waals surface area (Å²) in [6.45, 7) is 1.72. The van der Waals surface area contributed by atoms with Crippen LogP contribution in [0.1, 0.15) is 17.5 Å². The van der Waals surface area contributed by atoms with Crippen molar-refractivity contribution in [1.82, 2.24) is 0 Å². The van der Waals surface area contributed by atoms with E-state index in [1.54, 1.807) is 19.1 Å². The second kappa shape index (κ2) is 4.38. The van der Waals surface area contributed by atoms with Crippen LogP contribution in [0, 0.1) is 24.1 Å². The van der Waals surface area contributed by atoms with Crippen LogP contribution in [0.15, 0.2) is 16.6 Å². The highest BCUT2D eigenvalue weighted by molar-refractivity contribution is 9.10. The SMILES string of the molecule is Cc1cc(Br)cc(CCC#N)c1F. The Hall–Kier alpha value is -0.880. The zero-order valence-corrected chi connectivity index (χ0v) is 8.86. The van der Waals surface area contributed by atoms with E-state index in [0.717, 1.165) is 4.47 Å². The highest BCUT2D eigenvalue weighted by Crippen LogP contribution is 2.20. The zero-order chi connectivity index (χ0) is 9.84. The summed E-state index contributed by atoms with van der Waals surface area (Å²) in [5, 5.41) is 8.37. The molecule has 68 valence electrons. The molecule has 13 heavy (non-hydrogen) atoms. The molecular weight excluding hydrogens is 233 g/mol. The highest BCUT2D eigenvalue weighted by Gasteiger charge is 2.06. The average Bonchev–Trinajstić information content (AvgIpc) is 2.09. The van der Waals surface area contributed by atoms with Gasteiger partial charge in [-0.15, -0.1) is 0 Å². The standard InChI is InChI=1S/C10H9BrFN/c1-7-5-9(11)6-8(10(7)12)3-2-4-13/h5-6H,2-3H2,1H3. The number of hydrogen-bond acceptors (Lipinski definition) is 1. The summed E-state index contributed by atoms with van der Waals surface area (Å²) in [5.74, 6) is -0.196. The van der Waals surface area contributed by atoms with Crippen LogP contribution < -0.4 is 0 Å². The Bertz CT molecular complexity index is 355. The lowest BCUT2D eigenvalue weighted by Gasteiger charge is -2.04. The number of benzene rings is 1. The first-order valence-corrected chi connectivity index (χ1v) is 4.76. The third-order valence-electron chi connectivity index (χ3n) is 1.80. The van der Waals surface area contributed by atoms with E-state index in [2.05, 4.69) is 15.9 Å². The van der Waals surface area contributed by atoms with Crippen LogP contribution in [0.3, 0.4) is 0 Å². The van der Waals surface area contributed by atoms with E-state index in [4.69, 9.17) is 5.26 Å². The van der Waals surface area contributed by atoms with Crippen molar-refractivity contribution < 1.29 is 4.39 Å². The molecule has 0 aliphatic heterocycles. The molecule has 0 radical (unpaired) electrons. The van der Waals surface area contributed by atoms with Crippen molar-refractivity contribution >= 4 is 15.9 Å². The molecule has 0 aliphatic carbocycles. The maximum atomic E-state index is 13.4. The molecule has 0 bridgehead atoms. The maximum absolute atomic E-state index is 13.4. The second-order valence-electron chi connectivity index (χ2n) is 2.85. The van der Waals surface area contributed by atoms with E-state index in [0.29, 0.717) is 24.0 Å². The Kier molecular flexibility index (Phi) is 3.44. The normalized spacial score (nSPS) is 9.69. The third kappa shape index (κ3) is 2.53. The van der Waals surface area contributed by atoms with Crippen LogP contribution in [0.5, 0.6) is 0 Å². The van der Waals surface area contributed by atoms with Crippen LogP contribution in [0.4, 0.5) is 4.39 Å². The number of rotatable bonds is 2. The van der Waals surface area contributed by atoms with Crippen LogP contribution in [-0.4, -0.2) is 0 Å². The Morgan fingerprint density at radius 2 is 2.23 bits per heavy atom. The molecule has 0 heterocycles. The van der Waals surface area contributed by atoms with Gasteiger partial charge in [-0.2, -0.15) is 5.26 Å². The molecule has 1 aromatic carbocycles. The third-order valence-corrected chi connectivity index (χ3v) is 2.26. The minimum atomic E-state index is -0.196. The first-order valence-electron chi connectivity index (χ1n) is 3.96. The highest BCUT2D eigenvalue weighted by atomic mass is 79.9. The lowest BCUT2D eigenvalue weighted by Crippen LogP contribution is -1.93. The van der Waals surface area contributed by atoms with Gasteiger partial charge in [0.1, 0.15) is 5.82 Å². The molecule has 0 amide bonds. The lowest BCUT2D eigenvalue weighted by molar-refractivity contribution is 0.600. The minimum Gasteiger partial charge on any atom is -0.206 e. The van der Waals surface area contributed by atoms with Gasteiger partial charge in [0.25, 0.3) is 0 Å². The van der Waals surface area contributed by atoms with Gasteiger partial charge in [0.2, 0.25) is 0 Å². The number of aryl methyl sites for hydroxylation is 2. The van der Waals surface area contributed by atoms with Gasteiger partial charge < -0.3 is 0 Å². The van der Waals surface area contributed by atoms with Crippen molar-refractivity contribution in [2.45, 2.75) is 19.8 Å². The van der Waals surface area contributed by atoms with Crippen molar-refractivity contribution in [2.75, 3.05) is 0 Å². The Labute approximate surface area is 85.3 Å². The summed E-state index contributed by atoms with van der Waals surface area (Å²) in [6, 6.07) is 5.45. The van der Waals surface area contributed by atoms with Gasteiger partial charge in [0.05, 0.1) is 6.07 Å². The van der Waals surface area contributed by atoms with E-state index in [1.807, 2.05) is 6.07 Å². The van der Waals surface area contributed by atoms with E-state index in [-0.39, 0.29) is 5.82 Å². The zero-order valence-electron chi connectivity index (χ0n) is 7.27. The molecule has 1 nitrogen and oxygen atoms in total. The summed E-state index contributed by atoms with van der Waals surface area (Å²) < 4.78 is 14.2. The molecule has 0 aliphatic rings. The van der Waals surface area contributed by atoms with Crippen molar-refractivity contribution in [1.29, 1.82) is 5.26 Å². The van der Waals surface area contributed by atoms with E-state index in [9.17, 15) is 4.39 Å². The van der Waals surface area contributed by atoms with Gasteiger partial charge in [-0.3, -0.25) is 0 Å². The van der Waals surface area contributed by atoms with Gasteiger partial charge in [0, 0.05) is 10.9 Å². The topological polar surface area (TPSA) is 23.8 Å². The first kappa shape index (κ1) is 10.2. The second-order valence-corrected chi connectivity index (χ2v) is 3.77. The Balaban J connectivity index is 3.00. The molecule has 0 atom stereocenters. The molecule has 3 heteroatoms. The fourth-order valence-electron chi connectivity index (χ4n) is 1.17. The Morgan fingerprint density at radius 1 is 1.54 bits per heavy atom. The van der Waals surface area contributed by atoms with Gasteiger partial charge in [-0.25, -0.2) is 4.39 Å². The van der Waals surface area contributed by atoms with E-state index < -0.39 is 0 Å². The summed E-state index contributed by atoms with van der Waals surface area (Å²) in [6.07, 6.45) is 0.829. The molecule has 0 aromatic heterocycles. The monoisotopic (exact) mass is 241 g/mol. The maximum Gasteiger partial charge on any atom is 0.129 e. The van der Waals surface area contributed by atoms with Gasteiger partial charge in [0.15, 0.2) is 0 Å². The number of nitriles is 1. The predicted octanol–water partition coefficient (Wildman–Crippen LogP) is 3.35. The van der Waals surface area contributed by atoms with Crippen LogP contribution in [0.25, 0.3) is 0 Å². The van der Waals surface area contributed by atoms with E-state index >= 15 is 0 Å². The predicted molar refractivity (Wildman–Crippen MR) is 52.8 cm³/mol. The molecule has 1 aromatic rings. The fraction of sp³-hybridized carbons (Fsp3) is 0.300. The molecule has 0 unspecified atom stereocenters. The van der Waals surface area contributed by atoms with Gasteiger partial charge >= 0.3 is 0 Å². The van der Waals surface area contributed by atoms with Crippen molar-refractivity contribution in [3.8, 4) is 6.07 Å². The van der Waals surface area contributed by atoms with Crippen molar-refractivity contribution in [3.05, 3.63) is 33.5 Å². The number of nitrogens with zero attached hydrogens (tertiary/aromatic N) is 1. The number of hydrogen-bond donors (Lipinski definition) is 0.